The van der Waals surface area contributed by atoms with E-state index in [9.17, 15) is 9.59 Å². The van der Waals surface area contributed by atoms with E-state index in [1.54, 1.807) is 55.6 Å². The molecule has 172 valence electrons. The van der Waals surface area contributed by atoms with Crippen LogP contribution < -0.4 is 20.7 Å². The van der Waals surface area contributed by atoms with Crippen LogP contribution in [0.15, 0.2) is 48.5 Å². The highest BCUT2D eigenvalue weighted by Gasteiger charge is 2.09. The number of carbonyl (C=O) groups excluding carboxylic acids is 2. The topological polar surface area (TPSA) is 88.7 Å². The van der Waals surface area contributed by atoms with Gasteiger partial charge in [0.15, 0.2) is 5.11 Å². The van der Waals surface area contributed by atoms with Gasteiger partial charge in [0.2, 0.25) is 0 Å². The minimum absolute atomic E-state index is 0.152. The van der Waals surface area contributed by atoms with Crippen LogP contribution in [0.4, 0.5) is 5.69 Å². The van der Waals surface area contributed by atoms with E-state index in [0.717, 1.165) is 31.4 Å². The molecule has 3 N–H and O–H groups in total. The van der Waals surface area contributed by atoms with Gasteiger partial charge in [-0.05, 0) is 73.6 Å². The summed E-state index contributed by atoms with van der Waals surface area (Å²) in [5.41, 5.74) is 1.69. The van der Waals surface area contributed by atoms with Crippen LogP contribution in [0, 0.1) is 0 Å². The van der Waals surface area contributed by atoms with Crippen molar-refractivity contribution in [2.24, 2.45) is 0 Å². The van der Waals surface area contributed by atoms with Gasteiger partial charge >= 0.3 is 0 Å². The van der Waals surface area contributed by atoms with Gasteiger partial charge in [0.1, 0.15) is 5.75 Å². The van der Waals surface area contributed by atoms with Crippen LogP contribution in [0.5, 0.6) is 5.75 Å². The van der Waals surface area contributed by atoms with Crippen molar-refractivity contribution in [1.82, 2.24) is 10.6 Å². The van der Waals surface area contributed by atoms with Crippen molar-refractivity contribution in [1.29, 1.82) is 0 Å². The first kappa shape index (κ1) is 25.3. The highest BCUT2D eigenvalue weighted by molar-refractivity contribution is 7.80. The minimum atomic E-state index is -0.313. The van der Waals surface area contributed by atoms with Crippen LogP contribution in [0.3, 0.4) is 0 Å². The summed E-state index contributed by atoms with van der Waals surface area (Å²) in [5, 5.41) is 8.60. The van der Waals surface area contributed by atoms with Gasteiger partial charge in [-0.25, -0.2) is 0 Å². The van der Waals surface area contributed by atoms with Gasteiger partial charge in [0.25, 0.3) is 11.8 Å². The molecule has 0 saturated carbocycles. The van der Waals surface area contributed by atoms with Crippen LogP contribution in [0.2, 0.25) is 0 Å². The molecule has 2 amide bonds. The minimum Gasteiger partial charge on any atom is -0.494 e. The first-order valence-electron chi connectivity index (χ1n) is 10.8. The maximum Gasteiger partial charge on any atom is 0.257 e. The molecule has 2 aromatic rings. The Balaban J connectivity index is 1.79. The van der Waals surface area contributed by atoms with Crippen molar-refractivity contribution in [2.75, 3.05) is 32.2 Å². The fraction of sp³-hybridized carbons (Fsp3) is 0.375. The van der Waals surface area contributed by atoms with Crippen LogP contribution in [0.1, 0.15) is 53.3 Å². The van der Waals surface area contributed by atoms with Gasteiger partial charge in [-0.15, -0.1) is 0 Å². The predicted molar refractivity (Wildman–Crippen MR) is 130 cm³/mol. The quantitative estimate of drug-likeness (QED) is 0.328. The van der Waals surface area contributed by atoms with E-state index in [0.29, 0.717) is 36.6 Å². The van der Waals surface area contributed by atoms with Gasteiger partial charge in [-0.1, -0.05) is 19.8 Å². The maximum atomic E-state index is 12.4. The molecule has 0 unspecified atom stereocenters. The van der Waals surface area contributed by atoms with E-state index in [1.165, 1.54) is 0 Å². The monoisotopic (exact) mass is 457 g/mol. The van der Waals surface area contributed by atoms with Gasteiger partial charge in [-0.2, -0.15) is 0 Å². The molecule has 7 nitrogen and oxygen atoms in total. The highest BCUT2D eigenvalue weighted by atomic mass is 32.1. The van der Waals surface area contributed by atoms with E-state index in [4.69, 9.17) is 21.7 Å². The molecular formula is C24H31N3O4S. The number of rotatable bonds is 12. The fourth-order valence-corrected chi connectivity index (χ4v) is 3.02. The summed E-state index contributed by atoms with van der Waals surface area (Å²) in [6.45, 7) is 3.97. The number of nitrogens with one attached hydrogen (secondary N) is 3. The number of ether oxygens (including phenoxy) is 2. The zero-order valence-electron chi connectivity index (χ0n) is 18.6. The summed E-state index contributed by atoms with van der Waals surface area (Å²) in [5.74, 6) is 0.273. The van der Waals surface area contributed by atoms with Crippen molar-refractivity contribution in [3.05, 3.63) is 59.7 Å². The number of benzene rings is 2. The van der Waals surface area contributed by atoms with Crippen LogP contribution in [-0.4, -0.2) is 43.8 Å². The van der Waals surface area contributed by atoms with E-state index in [2.05, 4.69) is 22.9 Å². The number of anilines is 1. The molecule has 0 atom stereocenters. The number of unbranched alkanes of at least 4 members (excludes halogenated alkanes) is 2. The largest absolute Gasteiger partial charge is 0.494 e. The molecule has 0 aromatic heterocycles. The van der Waals surface area contributed by atoms with Crippen molar-refractivity contribution < 1.29 is 19.1 Å². The molecule has 0 fully saturated rings. The third kappa shape index (κ3) is 9.03. The molecule has 0 saturated heterocycles. The summed E-state index contributed by atoms with van der Waals surface area (Å²) in [6.07, 6.45) is 4.05. The van der Waals surface area contributed by atoms with Gasteiger partial charge in [-0.3, -0.25) is 14.9 Å². The van der Waals surface area contributed by atoms with E-state index in [-0.39, 0.29) is 16.9 Å². The molecule has 0 aliphatic heterocycles. The SMILES string of the molecule is CCCCCOc1ccc(C(=O)NC(=S)Nc2ccc(C(=O)NCCCOC)cc2)cc1. The lowest BCUT2D eigenvalue weighted by atomic mass is 10.2. The second kappa shape index (κ2) is 14.2. The Morgan fingerprint density at radius 3 is 2.19 bits per heavy atom. The first-order chi connectivity index (χ1) is 15.5. The zero-order chi connectivity index (χ0) is 23.2. The average Bonchev–Trinajstić information content (AvgIpc) is 2.80. The third-order valence-corrected chi connectivity index (χ3v) is 4.78. The predicted octanol–water partition coefficient (Wildman–Crippen LogP) is 4.15. The van der Waals surface area contributed by atoms with E-state index in [1.807, 2.05) is 0 Å². The standard InChI is InChI=1S/C24H31N3O4S/c1-3-4-5-17-31-21-13-9-19(10-14-21)23(29)27-24(32)26-20-11-7-18(8-12-20)22(28)25-15-6-16-30-2/h7-14H,3-6,15-17H2,1-2H3,(H,25,28)(H2,26,27,29,32). The summed E-state index contributed by atoms with van der Waals surface area (Å²) >= 11 is 5.23. The Bertz CT molecular complexity index is 870. The maximum absolute atomic E-state index is 12.4. The molecule has 8 heteroatoms. The lowest BCUT2D eigenvalue weighted by Gasteiger charge is -2.11. The summed E-state index contributed by atoms with van der Waals surface area (Å²) in [4.78, 5) is 24.5. The number of thiocarbonyl (C=S) groups is 1. The lowest BCUT2D eigenvalue weighted by molar-refractivity contribution is 0.0946. The Morgan fingerprint density at radius 2 is 1.53 bits per heavy atom. The molecule has 2 aromatic carbocycles. The highest BCUT2D eigenvalue weighted by Crippen LogP contribution is 2.13. The molecule has 0 radical (unpaired) electrons. The Labute approximate surface area is 194 Å². The number of hydrogen-bond acceptors (Lipinski definition) is 5. The number of hydrogen-bond donors (Lipinski definition) is 3. The molecule has 0 bridgehead atoms. The summed E-state index contributed by atoms with van der Waals surface area (Å²) in [7, 11) is 1.63. The van der Waals surface area contributed by atoms with Crippen molar-refractivity contribution in [3.63, 3.8) is 0 Å². The summed E-state index contributed by atoms with van der Waals surface area (Å²) < 4.78 is 10.6. The molecule has 0 aliphatic rings. The average molecular weight is 458 g/mol. The first-order valence-corrected chi connectivity index (χ1v) is 11.2. The molecule has 2 rings (SSSR count). The van der Waals surface area contributed by atoms with Crippen LogP contribution >= 0.6 is 12.2 Å². The Kier molecular flexibility index (Phi) is 11.2. The second-order valence-electron chi connectivity index (χ2n) is 7.17. The van der Waals surface area contributed by atoms with Gasteiger partial charge in [0, 0.05) is 37.1 Å². The van der Waals surface area contributed by atoms with Crippen molar-refractivity contribution in [3.8, 4) is 5.75 Å². The number of carbonyl (C=O) groups is 2. The van der Waals surface area contributed by atoms with E-state index < -0.39 is 0 Å². The molecule has 32 heavy (non-hydrogen) atoms. The smallest absolute Gasteiger partial charge is 0.257 e. The zero-order valence-corrected chi connectivity index (χ0v) is 19.4. The van der Waals surface area contributed by atoms with Crippen LogP contribution in [-0.2, 0) is 4.74 Å². The lowest BCUT2D eigenvalue weighted by Crippen LogP contribution is -2.34. The Morgan fingerprint density at radius 1 is 0.875 bits per heavy atom. The molecule has 0 heterocycles. The molecule has 0 aliphatic carbocycles. The molecule has 0 spiro atoms. The van der Waals surface area contributed by atoms with E-state index >= 15 is 0 Å². The van der Waals surface area contributed by atoms with Gasteiger partial charge < -0.3 is 20.1 Å². The fourth-order valence-electron chi connectivity index (χ4n) is 2.81. The summed E-state index contributed by atoms with van der Waals surface area (Å²) in [6, 6.07) is 13.8. The van der Waals surface area contributed by atoms with Crippen molar-refractivity contribution >= 4 is 34.8 Å². The number of methoxy groups -OCH3 is 1. The molecular weight excluding hydrogens is 426 g/mol. The van der Waals surface area contributed by atoms with Crippen LogP contribution in [0.25, 0.3) is 0 Å². The second-order valence-corrected chi connectivity index (χ2v) is 7.58. The number of amides is 2. The van der Waals surface area contributed by atoms with Crippen molar-refractivity contribution in [2.45, 2.75) is 32.6 Å². The third-order valence-electron chi connectivity index (χ3n) is 4.58. The normalized spacial score (nSPS) is 10.3. The Hall–Kier alpha value is -2.97. The van der Waals surface area contributed by atoms with Gasteiger partial charge in [0.05, 0.1) is 6.61 Å².